The SMILES string of the molecule is O=C(Cn1ccnc1-c1ccccc1)NC[C@@H]1C[C@@H]2C=C[C@H]1C2. The fraction of sp³-hybridized carbons (Fsp3) is 0.368. The van der Waals surface area contributed by atoms with Gasteiger partial charge in [-0.15, -0.1) is 0 Å². The first-order valence-corrected chi connectivity index (χ1v) is 8.31. The van der Waals surface area contributed by atoms with Gasteiger partial charge in [0, 0.05) is 24.5 Å². The van der Waals surface area contributed by atoms with Crippen molar-refractivity contribution in [2.75, 3.05) is 6.54 Å². The summed E-state index contributed by atoms with van der Waals surface area (Å²) in [4.78, 5) is 16.7. The van der Waals surface area contributed by atoms with Crippen molar-refractivity contribution in [1.82, 2.24) is 14.9 Å². The van der Waals surface area contributed by atoms with Gasteiger partial charge in [0.25, 0.3) is 0 Å². The minimum absolute atomic E-state index is 0.0620. The molecule has 1 fully saturated rings. The van der Waals surface area contributed by atoms with Crippen molar-refractivity contribution in [3.8, 4) is 11.4 Å². The molecule has 118 valence electrons. The van der Waals surface area contributed by atoms with Crippen LogP contribution in [0.4, 0.5) is 0 Å². The van der Waals surface area contributed by atoms with Gasteiger partial charge in [0.2, 0.25) is 5.91 Å². The second kappa shape index (κ2) is 6.03. The van der Waals surface area contributed by atoms with E-state index >= 15 is 0 Å². The number of rotatable bonds is 5. The van der Waals surface area contributed by atoms with Gasteiger partial charge in [0.05, 0.1) is 0 Å². The normalized spacial score (nSPS) is 25.0. The van der Waals surface area contributed by atoms with Crippen molar-refractivity contribution < 1.29 is 4.79 Å². The minimum Gasteiger partial charge on any atom is -0.354 e. The van der Waals surface area contributed by atoms with Gasteiger partial charge in [-0.2, -0.15) is 0 Å². The topological polar surface area (TPSA) is 46.9 Å². The van der Waals surface area contributed by atoms with Gasteiger partial charge in [-0.25, -0.2) is 4.98 Å². The monoisotopic (exact) mass is 307 g/mol. The van der Waals surface area contributed by atoms with Crippen molar-refractivity contribution in [1.29, 1.82) is 0 Å². The highest BCUT2D eigenvalue weighted by molar-refractivity contribution is 5.76. The Morgan fingerprint density at radius 1 is 1.22 bits per heavy atom. The molecule has 0 spiro atoms. The zero-order valence-corrected chi connectivity index (χ0v) is 13.1. The van der Waals surface area contributed by atoms with Gasteiger partial charge in [0.1, 0.15) is 12.4 Å². The molecule has 23 heavy (non-hydrogen) atoms. The Bertz CT molecular complexity index is 719. The van der Waals surface area contributed by atoms with E-state index in [2.05, 4.69) is 22.5 Å². The average Bonchev–Trinajstić information content (AvgIpc) is 3.30. The zero-order chi connectivity index (χ0) is 15.6. The highest BCUT2D eigenvalue weighted by atomic mass is 16.1. The second-order valence-electron chi connectivity index (χ2n) is 6.59. The van der Waals surface area contributed by atoms with E-state index < -0.39 is 0 Å². The molecule has 1 N–H and O–H groups in total. The lowest BCUT2D eigenvalue weighted by molar-refractivity contribution is -0.121. The fourth-order valence-corrected chi connectivity index (χ4v) is 3.87. The molecule has 0 radical (unpaired) electrons. The van der Waals surface area contributed by atoms with Gasteiger partial charge in [-0.05, 0) is 30.6 Å². The van der Waals surface area contributed by atoms with Crippen LogP contribution in [-0.2, 0) is 11.3 Å². The number of fused-ring (bicyclic) bond motifs is 2. The fourth-order valence-electron chi connectivity index (χ4n) is 3.87. The van der Waals surface area contributed by atoms with E-state index in [1.807, 2.05) is 41.1 Å². The Morgan fingerprint density at radius 2 is 2.09 bits per heavy atom. The lowest BCUT2D eigenvalue weighted by Gasteiger charge is -2.18. The van der Waals surface area contributed by atoms with E-state index in [0.717, 1.165) is 23.9 Å². The summed E-state index contributed by atoms with van der Waals surface area (Å²) in [7, 11) is 0. The number of carbonyl (C=O) groups excluding carboxylic acids is 1. The van der Waals surface area contributed by atoms with E-state index in [9.17, 15) is 4.79 Å². The van der Waals surface area contributed by atoms with Gasteiger partial charge in [-0.1, -0.05) is 42.5 Å². The number of hydrogen-bond donors (Lipinski definition) is 1. The van der Waals surface area contributed by atoms with Crippen molar-refractivity contribution in [2.24, 2.45) is 17.8 Å². The second-order valence-corrected chi connectivity index (χ2v) is 6.59. The summed E-state index contributed by atoms with van der Waals surface area (Å²) in [6, 6.07) is 9.97. The van der Waals surface area contributed by atoms with E-state index in [-0.39, 0.29) is 5.91 Å². The standard InChI is InChI=1S/C19H21N3O/c23-18(21-12-17-11-14-6-7-16(17)10-14)13-22-9-8-20-19(22)15-4-2-1-3-5-15/h1-9,14,16-17H,10-13H2,(H,21,23)/t14-,16+,17+/m1/s1. The Kier molecular flexibility index (Phi) is 3.74. The number of carbonyl (C=O) groups is 1. The van der Waals surface area contributed by atoms with Crippen LogP contribution in [-0.4, -0.2) is 22.0 Å². The number of amides is 1. The van der Waals surface area contributed by atoms with Crippen LogP contribution >= 0.6 is 0 Å². The molecule has 1 aromatic carbocycles. The Hall–Kier alpha value is -2.36. The summed E-state index contributed by atoms with van der Waals surface area (Å²) < 4.78 is 1.91. The molecule has 2 aliphatic rings. The number of nitrogens with zero attached hydrogens (tertiary/aromatic N) is 2. The van der Waals surface area contributed by atoms with Crippen molar-refractivity contribution in [2.45, 2.75) is 19.4 Å². The average molecular weight is 307 g/mol. The maximum absolute atomic E-state index is 12.3. The number of allylic oxidation sites excluding steroid dienone is 2. The van der Waals surface area contributed by atoms with Gasteiger partial charge in [-0.3, -0.25) is 4.79 Å². The molecule has 1 saturated carbocycles. The van der Waals surface area contributed by atoms with Gasteiger partial charge in [0.15, 0.2) is 0 Å². The van der Waals surface area contributed by atoms with Crippen LogP contribution in [0.3, 0.4) is 0 Å². The molecule has 0 aliphatic heterocycles. The van der Waals surface area contributed by atoms with Crippen molar-refractivity contribution in [3.63, 3.8) is 0 Å². The third-order valence-corrected chi connectivity index (χ3v) is 5.04. The van der Waals surface area contributed by atoms with Crippen molar-refractivity contribution >= 4 is 5.91 Å². The van der Waals surface area contributed by atoms with Crippen molar-refractivity contribution in [3.05, 3.63) is 54.9 Å². The van der Waals surface area contributed by atoms with Crippen LogP contribution in [0.15, 0.2) is 54.9 Å². The van der Waals surface area contributed by atoms with Crippen LogP contribution in [0.1, 0.15) is 12.8 Å². The van der Waals surface area contributed by atoms with Crippen LogP contribution in [0, 0.1) is 17.8 Å². The molecular weight excluding hydrogens is 286 g/mol. The molecule has 4 rings (SSSR count). The van der Waals surface area contributed by atoms with Crippen LogP contribution < -0.4 is 5.32 Å². The number of benzene rings is 1. The van der Waals surface area contributed by atoms with E-state index in [1.54, 1.807) is 6.20 Å². The van der Waals surface area contributed by atoms with Gasteiger partial charge >= 0.3 is 0 Å². The molecule has 4 heteroatoms. The molecule has 4 nitrogen and oxygen atoms in total. The minimum atomic E-state index is 0.0620. The predicted octanol–water partition coefficient (Wildman–Crippen LogP) is 2.88. The molecule has 3 atom stereocenters. The number of nitrogens with one attached hydrogen (secondary N) is 1. The molecular formula is C19H21N3O. The highest BCUT2D eigenvalue weighted by Crippen LogP contribution is 2.42. The molecule has 2 bridgehead atoms. The highest BCUT2D eigenvalue weighted by Gasteiger charge is 2.35. The maximum Gasteiger partial charge on any atom is 0.240 e. The molecule has 1 heterocycles. The lowest BCUT2D eigenvalue weighted by Crippen LogP contribution is -2.33. The molecule has 0 saturated heterocycles. The van der Waals surface area contributed by atoms with E-state index in [4.69, 9.17) is 0 Å². The molecule has 2 aromatic rings. The van der Waals surface area contributed by atoms with E-state index in [1.165, 1.54) is 12.8 Å². The smallest absolute Gasteiger partial charge is 0.240 e. The third-order valence-electron chi connectivity index (χ3n) is 5.04. The third kappa shape index (κ3) is 2.93. The molecule has 0 unspecified atom stereocenters. The maximum atomic E-state index is 12.3. The molecule has 1 aromatic heterocycles. The quantitative estimate of drug-likeness (QED) is 0.863. The summed E-state index contributed by atoms with van der Waals surface area (Å²) in [5.74, 6) is 2.94. The number of aromatic nitrogens is 2. The van der Waals surface area contributed by atoms with Crippen LogP contribution in [0.5, 0.6) is 0 Å². The summed E-state index contributed by atoms with van der Waals surface area (Å²) in [6.45, 7) is 1.11. The first kappa shape index (κ1) is 14.2. The lowest BCUT2D eigenvalue weighted by atomic mass is 9.94. The van der Waals surface area contributed by atoms with Crippen LogP contribution in [0.2, 0.25) is 0 Å². The predicted molar refractivity (Wildman–Crippen MR) is 89.5 cm³/mol. The molecule has 1 amide bonds. The number of hydrogen-bond acceptors (Lipinski definition) is 2. The van der Waals surface area contributed by atoms with Crippen LogP contribution in [0.25, 0.3) is 11.4 Å². The summed E-state index contributed by atoms with van der Waals surface area (Å²) >= 11 is 0. The number of imidazole rings is 1. The summed E-state index contributed by atoms with van der Waals surface area (Å²) in [5.41, 5.74) is 1.03. The largest absolute Gasteiger partial charge is 0.354 e. The zero-order valence-electron chi connectivity index (χ0n) is 13.1. The first-order valence-electron chi connectivity index (χ1n) is 8.31. The molecule has 2 aliphatic carbocycles. The summed E-state index contributed by atoms with van der Waals surface area (Å²) in [5, 5.41) is 3.10. The first-order chi connectivity index (χ1) is 11.3. The van der Waals surface area contributed by atoms with E-state index in [0.29, 0.717) is 18.4 Å². The van der Waals surface area contributed by atoms with Gasteiger partial charge < -0.3 is 9.88 Å². The Labute approximate surface area is 136 Å². The Balaban J connectivity index is 1.36. The summed E-state index contributed by atoms with van der Waals surface area (Å²) in [6.07, 6.45) is 10.8. The Morgan fingerprint density at radius 3 is 2.83 bits per heavy atom.